The third-order valence-electron chi connectivity index (χ3n) is 3.29. The maximum absolute atomic E-state index is 13.6. The first-order chi connectivity index (χ1) is 8.08. The molecule has 0 bridgehead atoms. The van der Waals surface area contributed by atoms with Crippen LogP contribution in [0.5, 0.6) is 0 Å². The molecule has 0 amide bonds. The lowest BCUT2D eigenvalue weighted by atomic mass is 10.1. The fourth-order valence-electron chi connectivity index (χ4n) is 2.39. The summed E-state index contributed by atoms with van der Waals surface area (Å²) in [4.78, 5) is 11.0. The van der Waals surface area contributed by atoms with E-state index in [0.29, 0.717) is 5.92 Å². The molecule has 0 aliphatic heterocycles. The fourth-order valence-corrected chi connectivity index (χ4v) is 2.39. The molecule has 1 aromatic carbocycles. The molecule has 1 saturated carbocycles. The predicted molar refractivity (Wildman–Crippen MR) is 63.8 cm³/mol. The zero-order chi connectivity index (χ0) is 12.4. The Kier molecular flexibility index (Phi) is 3.31. The Morgan fingerprint density at radius 3 is 2.82 bits per heavy atom. The molecule has 2 atom stereocenters. The van der Waals surface area contributed by atoms with E-state index in [0.717, 1.165) is 19.3 Å². The SMILES string of the molecule is CC1CCC(Nc2c(F)cccc2C(=O)O)C1. The Balaban J connectivity index is 2.22. The average Bonchev–Trinajstić information content (AvgIpc) is 2.67. The maximum Gasteiger partial charge on any atom is 0.337 e. The molecule has 2 N–H and O–H groups in total. The van der Waals surface area contributed by atoms with Crippen LogP contribution in [0.1, 0.15) is 36.5 Å². The van der Waals surface area contributed by atoms with Gasteiger partial charge in [-0.2, -0.15) is 0 Å². The van der Waals surface area contributed by atoms with Crippen molar-refractivity contribution in [2.24, 2.45) is 5.92 Å². The fraction of sp³-hybridized carbons (Fsp3) is 0.462. The van der Waals surface area contributed by atoms with Crippen molar-refractivity contribution in [3.05, 3.63) is 29.6 Å². The minimum Gasteiger partial charge on any atom is -0.478 e. The molecule has 0 aromatic heterocycles. The van der Waals surface area contributed by atoms with E-state index in [4.69, 9.17) is 5.11 Å². The van der Waals surface area contributed by atoms with Crippen LogP contribution in [0.4, 0.5) is 10.1 Å². The van der Waals surface area contributed by atoms with Crippen molar-refractivity contribution < 1.29 is 14.3 Å². The highest BCUT2D eigenvalue weighted by Gasteiger charge is 2.24. The summed E-state index contributed by atoms with van der Waals surface area (Å²) in [5, 5.41) is 12.0. The smallest absolute Gasteiger partial charge is 0.337 e. The highest BCUT2D eigenvalue weighted by atomic mass is 19.1. The lowest BCUT2D eigenvalue weighted by Gasteiger charge is -2.16. The molecular formula is C13H16FNO2. The second-order valence-corrected chi connectivity index (χ2v) is 4.73. The summed E-state index contributed by atoms with van der Waals surface area (Å²) in [5.41, 5.74) is 0.128. The summed E-state index contributed by atoms with van der Waals surface area (Å²) in [6.07, 6.45) is 3.04. The molecule has 1 fully saturated rings. The van der Waals surface area contributed by atoms with Gasteiger partial charge in [0.15, 0.2) is 0 Å². The molecule has 3 nitrogen and oxygen atoms in total. The van der Waals surface area contributed by atoms with Crippen molar-refractivity contribution in [2.45, 2.75) is 32.2 Å². The van der Waals surface area contributed by atoms with Crippen LogP contribution in [0.25, 0.3) is 0 Å². The number of carboxylic acids is 1. The van der Waals surface area contributed by atoms with Gasteiger partial charge >= 0.3 is 5.97 Å². The van der Waals surface area contributed by atoms with Crippen LogP contribution in [0.2, 0.25) is 0 Å². The van der Waals surface area contributed by atoms with Crippen molar-refractivity contribution in [1.82, 2.24) is 0 Å². The van der Waals surface area contributed by atoms with Gasteiger partial charge in [0.2, 0.25) is 0 Å². The van der Waals surface area contributed by atoms with Crippen LogP contribution < -0.4 is 5.32 Å². The number of aromatic carboxylic acids is 1. The third kappa shape index (κ3) is 2.57. The second kappa shape index (κ2) is 4.73. The highest BCUT2D eigenvalue weighted by molar-refractivity contribution is 5.94. The molecule has 92 valence electrons. The minimum atomic E-state index is -1.10. The van der Waals surface area contributed by atoms with Crippen molar-refractivity contribution in [3.63, 3.8) is 0 Å². The molecule has 0 saturated heterocycles. The summed E-state index contributed by atoms with van der Waals surface area (Å²) in [5.74, 6) is -0.977. The third-order valence-corrected chi connectivity index (χ3v) is 3.29. The van der Waals surface area contributed by atoms with E-state index >= 15 is 0 Å². The quantitative estimate of drug-likeness (QED) is 0.849. The molecule has 17 heavy (non-hydrogen) atoms. The predicted octanol–water partition coefficient (Wildman–Crippen LogP) is 3.12. The highest BCUT2D eigenvalue weighted by Crippen LogP contribution is 2.29. The summed E-state index contributed by atoms with van der Waals surface area (Å²) >= 11 is 0. The molecule has 0 heterocycles. The lowest BCUT2D eigenvalue weighted by molar-refractivity contribution is 0.0697. The maximum atomic E-state index is 13.6. The topological polar surface area (TPSA) is 49.3 Å². The van der Waals surface area contributed by atoms with Gasteiger partial charge in [0.05, 0.1) is 11.3 Å². The Bertz CT molecular complexity index is 433. The molecule has 2 unspecified atom stereocenters. The molecular weight excluding hydrogens is 221 g/mol. The number of carbonyl (C=O) groups is 1. The first-order valence-electron chi connectivity index (χ1n) is 5.86. The van der Waals surface area contributed by atoms with Crippen LogP contribution in [0.15, 0.2) is 18.2 Å². The number of anilines is 1. The van der Waals surface area contributed by atoms with Gasteiger partial charge in [-0.15, -0.1) is 0 Å². The zero-order valence-corrected chi connectivity index (χ0v) is 9.74. The van der Waals surface area contributed by atoms with E-state index in [2.05, 4.69) is 12.2 Å². The van der Waals surface area contributed by atoms with Crippen LogP contribution >= 0.6 is 0 Å². The van der Waals surface area contributed by atoms with E-state index in [-0.39, 0.29) is 17.3 Å². The average molecular weight is 237 g/mol. The summed E-state index contributed by atoms with van der Waals surface area (Å²) in [6.45, 7) is 2.15. The van der Waals surface area contributed by atoms with Gasteiger partial charge in [0.25, 0.3) is 0 Å². The van der Waals surface area contributed by atoms with Gasteiger partial charge in [-0.1, -0.05) is 13.0 Å². The minimum absolute atomic E-state index is 0.00422. The number of hydrogen-bond donors (Lipinski definition) is 2. The van der Waals surface area contributed by atoms with Crippen molar-refractivity contribution in [2.75, 3.05) is 5.32 Å². The van der Waals surface area contributed by atoms with Crippen molar-refractivity contribution in [1.29, 1.82) is 0 Å². The molecule has 0 radical (unpaired) electrons. The number of hydrogen-bond acceptors (Lipinski definition) is 2. The lowest BCUT2D eigenvalue weighted by Crippen LogP contribution is -2.18. The van der Waals surface area contributed by atoms with E-state index in [9.17, 15) is 9.18 Å². The van der Waals surface area contributed by atoms with Crippen LogP contribution in [0, 0.1) is 11.7 Å². The van der Waals surface area contributed by atoms with Crippen LogP contribution in [-0.2, 0) is 0 Å². The van der Waals surface area contributed by atoms with E-state index in [1.807, 2.05) is 0 Å². The van der Waals surface area contributed by atoms with Crippen LogP contribution in [-0.4, -0.2) is 17.1 Å². The summed E-state index contributed by atoms with van der Waals surface area (Å²) in [7, 11) is 0. The number of para-hydroxylation sites is 1. The van der Waals surface area contributed by atoms with E-state index in [1.165, 1.54) is 18.2 Å². The Morgan fingerprint density at radius 2 is 2.24 bits per heavy atom. The Labute approximate surface area is 99.7 Å². The molecule has 0 spiro atoms. The second-order valence-electron chi connectivity index (χ2n) is 4.73. The first kappa shape index (κ1) is 11.9. The summed E-state index contributed by atoms with van der Waals surface area (Å²) < 4.78 is 13.6. The number of carboxylic acid groups (broad SMARTS) is 1. The largest absolute Gasteiger partial charge is 0.478 e. The number of rotatable bonds is 3. The number of nitrogens with one attached hydrogen (secondary N) is 1. The van der Waals surface area contributed by atoms with Gasteiger partial charge in [-0.3, -0.25) is 0 Å². The number of halogens is 1. The summed E-state index contributed by atoms with van der Waals surface area (Å²) in [6, 6.07) is 4.31. The molecule has 1 aromatic rings. The first-order valence-corrected chi connectivity index (χ1v) is 5.86. The molecule has 4 heteroatoms. The Hall–Kier alpha value is -1.58. The van der Waals surface area contributed by atoms with Crippen molar-refractivity contribution >= 4 is 11.7 Å². The molecule has 1 aliphatic carbocycles. The monoisotopic (exact) mass is 237 g/mol. The number of benzene rings is 1. The van der Waals surface area contributed by atoms with E-state index in [1.54, 1.807) is 0 Å². The standard InChI is InChI=1S/C13H16FNO2/c1-8-5-6-9(7-8)15-12-10(13(16)17)3-2-4-11(12)14/h2-4,8-9,15H,5-7H2,1H3,(H,16,17). The van der Waals surface area contributed by atoms with Gasteiger partial charge < -0.3 is 10.4 Å². The van der Waals surface area contributed by atoms with Gasteiger partial charge in [-0.05, 0) is 37.3 Å². The van der Waals surface area contributed by atoms with Crippen LogP contribution in [0.3, 0.4) is 0 Å². The van der Waals surface area contributed by atoms with Gasteiger partial charge in [-0.25, -0.2) is 9.18 Å². The normalized spacial score (nSPS) is 23.6. The van der Waals surface area contributed by atoms with Gasteiger partial charge in [0, 0.05) is 6.04 Å². The molecule has 1 aliphatic rings. The Morgan fingerprint density at radius 1 is 1.47 bits per heavy atom. The van der Waals surface area contributed by atoms with E-state index < -0.39 is 11.8 Å². The zero-order valence-electron chi connectivity index (χ0n) is 9.74. The van der Waals surface area contributed by atoms with Gasteiger partial charge in [0.1, 0.15) is 5.82 Å². The molecule has 2 rings (SSSR count). The van der Waals surface area contributed by atoms with Crippen molar-refractivity contribution in [3.8, 4) is 0 Å².